The molecule has 0 bridgehead atoms. The van der Waals surface area contributed by atoms with Crippen molar-refractivity contribution in [2.24, 2.45) is 109 Å². The largest absolute Gasteiger partial charge is 0.472 e. The van der Waals surface area contributed by atoms with Gasteiger partial charge in [-0.15, -0.1) is 0 Å². The van der Waals surface area contributed by atoms with Gasteiger partial charge in [0.15, 0.2) is 53.6 Å². The fourth-order valence-corrected chi connectivity index (χ4v) is 14.6. The fraction of sp³-hybridized carbons (Fsp3) is 0.510. The van der Waals surface area contributed by atoms with Crippen molar-refractivity contribution in [1.29, 1.82) is 0 Å². The van der Waals surface area contributed by atoms with Crippen LogP contribution < -0.4 is 97.8 Å². The van der Waals surface area contributed by atoms with Gasteiger partial charge in [0.1, 0.15) is 78.1 Å². The molecule has 15 heterocycles. The number of hydrogen-bond acceptors (Lipinski definition) is 39. The lowest BCUT2D eigenvalue weighted by molar-refractivity contribution is 0.480. The van der Waals surface area contributed by atoms with Crippen LogP contribution in [0.5, 0.6) is 0 Å². The second-order valence-electron chi connectivity index (χ2n) is 36.1. The predicted octanol–water partition coefficient (Wildman–Crippen LogP) is 6.08. The lowest BCUT2D eigenvalue weighted by atomic mass is 10.1. The van der Waals surface area contributed by atoms with Crippen LogP contribution in [-0.2, 0) is 44.9 Å². The Kier molecular flexibility index (Phi) is 44.3. The molecular formula is C98H156N40O7. The molecular weight excluding hydrogens is 1850 g/mol. The van der Waals surface area contributed by atoms with Crippen LogP contribution in [0.2, 0.25) is 0 Å². The van der Waals surface area contributed by atoms with Gasteiger partial charge in [0, 0.05) is 116 Å². The summed E-state index contributed by atoms with van der Waals surface area (Å²) in [5, 5.41) is 40.2. The zero-order valence-corrected chi connectivity index (χ0v) is 89.0. The van der Waals surface area contributed by atoms with Gasteiger partial charge in [-0.3, -0.25) is 57.2 Å². The third-order valence-corrected chi connectivity index (χ3v) is 22.5. The zero-order chi connectivity index (χ0) is 105. The van der Waals surface area contributed by atoms with E-state index >= 15 is 0 Å². The Hall–Kier alpha value is -15.6. The van der Waals surface area contributed by atoms with Crippen LogP contribution in [0.15, 0.2) is 221 Å². The van der Waals surface area contributed by atoms with Crippen LogP contribution in [-0.4, -0.2) is 290 Å². The lowest BCUT2D eigenvalue weighted by Crippen LogP contribution is -2.53. The third-order valence-electron chi connectivity index (χ3n) is 22.5. The maximum atomic E-state index is 5.68. The van der Waals surface area contributed by atoms with Crippen molar-refractivity contribution in [2.75, 3.05) is 116 Å². The van der Waals surface area contributed by atoms with Gasteiger partial charge in [-0.25, -0.2) is 54.9 Å². The first-order valence-electron chi connectivity index (χ1n) is 48.7. The number of nitrogens with two attached hydrogens (primary N) is 5. The SMILES string of the molecule is CC1=CCC=C1CCNC1=NC(N(C)C)=NC(C)N1.Cc1cc(CCN(C)C2=NC(C)N=C(N)N2)co1.Cc1cc(CCN=C2NC(N(C)C)=NC(C)N2)co1.Cc1cc(CCN=C2NC(N)=NC(C)N2)co1.Cc1cocc1CCN(C)C1=NC(C)N=C(N)N1.Cc1cocc1CCN=C1NC(N)=NC(C)N1.Cc1occc1CCN(C)C1=NC(C)N=C(N)N1.Cc1occc1CCN=C1NC(N(C)C)=NC(C)N1. The van der Waals surface area contributed by atoms with Gasteiger partial charge in [0.25, 0.3) is 0 Å². The molecule has 16 rings (SSSR count). The molecule has 0 radical (unpaired) electrons. The highest BCUT2D eigenvalue weighted by Crippen LogP contribution is 2.22. The number of nitrogens with zero attached hydrogens (tertiary/aromatic N) is 22. The van der Waals surface area contributed by atoms with Crippen molar-refractivity contribution >= 4 is 95.4 Å². The van der Waals surface area contributed by atoms with Gasteiger partial charge in [-0.1, -0.05) is 17.7 Å². The molecule has 9 aliphatic rings. The van der Waals surface area contributed by atoms with E-state index in [-0.39, 0.29) is 49.3 Å². The van der Waals surface area contributed by atoms with Gasteiger partial charge >= 0.3 is 0 Å². The first-order valence-corrected chi connectivity index (χ1v) is 48.7. The Morgan fingerprint density at radius 1 is 0.352 bits per heavy atom. The Balaban J connectivity index is 0.000000185. The van der Waals surface area contributed by atoms with Crippen molar-refractivity contribution in [3.8, 4) is 0 Å². The van der Waals surface area contributed by atoms with E-state index in [0.29, 0.717) is 67.9 Å². The highest BCUT2D eigenvalue weighted by molar-refractivity contribution is 6.04. The molecule has 8 atom stereocenters. The summed E-state index contributed by atoms with van der Waals surface area (Å²) in [6, 6.07) is 10.1. The molecule has 23 N–H and O–H groups in total. The molecule has 790 valence electrons. The topological polar surface area (TPSA) is 596 Å². The molecule has 8 aliphatic heterocycles. The van der Waals surface area contributed by atoms with Gasteiger partial charge in [-0.05, 0) is 255 Å². The molecule has 47 heteroatoms. The van der Waals surface area contributed by atoms with Crippen molar-refractivity contribution in [1.82, 2.24) is 98.5 Å². The van der Waals surface area contributed by atoms with E-state index in [1.54, 1.807) is 56.4 Å². The molecule has 0 saturated carbocycles. The monoisotopic (exact) mass is 2010 g/mol. The van der Waals surface area contributed by atoms with Crippen molar-refractivity contribution in [2.45, 2.75) is 218 Å². The van der Waals surface area contributed by atoms with Crippen molar-refractivity contribution < 1.29 is 30.9 Å². The van der Waals surface area contributed by atoms with Gasteiger partial charge in [0.2, 0.25) is 41.7 Å². The lowest BCUT2D eigenvalue weighted by Gasteiger charge is -2.26. The summed E-state index contributed by atoms with van der Waals surface area (Å²) in [6.07, 6.45) is 28.3. The van der Waals surface area contributed by atoms with E-state index in [1.165, 1.54) is 50.1 Å². The molecule has 0 fully saturated rings. The summed E-state index contributed by atoms with van der Waals surface area (Å²) in [4.78, 5) is 81.0. The van der Waals surface area contributed by atoms with Gasteiger partial charge in [0.05, 0.1) is 56.4 Å². The number of nitrogens with one attached hydrogen (secondary N) is 13. The maximum Gasteiger partial charge on any atom is 0.225 e. The smallest absolute Gasteiger partial charge is 0.225 e. The second-order valence-corrected chi connectivity index (χ2v) is 36.1. The number of guanidine groups is 16. The van der Waals surface area contributed by atoms with E-state index in [4.69, 9.17) is 59.6 Å². The fourth-order valence-electron chi connectivity index (χ4n) is 14.6. The van der Waals surface area contributed by atoms with E-state index in [2.05, 4.69) is 168 Å². The number of aliphatic imine (C=N–C) groups is 16. The average Bonchev–Trinajstić information content (AvgIpc) is 1.86. The Labute approximate surface area is 851 Å². The predicted molar refractivity (Wildman–Crippen MR) is 581 cm³/mol. The molecule has 145 heavy (non-hydrogen) atoms. The third kappa shape index (κ3) is 40.0. The highest BCUT2D eigenvalue weighted by Gasteiger charge is 2.24. The van der Waals surface area contributed by atoms with Crippen LogP contribution in [0, 0.1) is 48.5 Å². The van der Waals surface area contributed by atoms with Crippen LogP contribution in [0.25, 0.3) is 0 Å². The van der Waals surface area contributed by atoms with Gasteiger partial charge in [-0.2, -0.15) is 4.99 Å². The second kappa shape index (κ2) is 56.9. The normalized spacial score (nSPS) is 20.5. The van der Waals surface area contributed by atoms with E-state index < -0.39 is 0 Å². The zero-order valence-electron chi connectivity index (χ0n) is 89.0. The van der Waals surface area contributed by atoms with Crippen LogP contribution in [0.1, 0.15) is 154 Å². The molecule has 0 saturated heterocycles. The molecule has 0 spiro atoms. The molecule has 7 aromatic heterocycles. The number of aryl methyl sites for hydroxylation is 7. The maximum absolute atomic E-state index is 5.68. The molecule has 7 aromatic rings. The number of hydrogen-bond donors (Lipinski definition) is 18. The number of allylic oxidation sites excluding steroid dienone is 3. The number of furan rings is 7. The van der Waals surface area contributed by atoms with Crippen molar-refractivity contribution in [3.05, 3.63) is 189 Å². The van der Waals surface area contributed by atoms with Crippen LogP contribution >= 0.6 is 0 Å². The highest BCUT2D eigenvalue weighted by atomic mass is 16.3. The summed E-state index contributed by atoms with van der Waals surface area (Å²) in [5.41, 5.74) is 41.8. The summed E-state index contributed by atoms with van der Waals surface area (Å²) < 4.78 is 36.6. The minimum Gasteiger partial charge on any atom is -0.472 e. The summed E-state index contributed by atoms with van der Waals surface area (Å²) >= 11 is 0. The molecule has 0 aromatic carbocycles. The average molecular weight is 2010 g/mol. The Morgan fingerprint density at radius 2 is 0.710 bits per heavy atom. The van der Waals surface area contributed by atoms with Crippen LogP contribution in [0.4, 0.5) is 0 Å². The summed E-state index contributed by atoms with van der Waals surface area (Å²) in [7, 11) is 17.7. The van der Waals surface area contributed by atoms with E-state index in [1.807, 2.05) is 227 Å². The van der Waals surface area contributed by atoms with Crippen molar-refractivity contribution in [3.63, 3.8) is 0 Å². The van der Waals surface area contributed by atoms with E-state index in [0.717, 1.165) is 178 Å². The number of rotatable bonds is 24. The van der Waals surface area contributed by atoms with E-state index in [9.17, 15) is 0 Å². The molecule has 0 amide bonds. The first kappa shape index (κ1) is 113. The first-order chi connectivity index (χ1) is 69.1. The molecule has 1 aliphatic carbocycles. The summed E-state index contributed by atoms with van der Waals surface area (Å²) in [6.45, 7) is 37.7. The minimum atomic E-state index is -0.126. The Bertz CT molecular complexity index is 5770. The molecule has 8 unspecified atom stereocenters. The van der Waals surface area contributed by atoms with Crippen LogP contribution in [0.3, 0.4) is 0 Å². The van der Waals surface area contributed by atoms with Gasteiger partial charge < -0.3 is 121 Å². The summed E-state index contributed by atoms with van der Waals surface area (Å²) in [5.74, 6) is 15.2. The Morgan fingerprint density at radius 3 is 1.06 bits per heavy atom. The quantitative estimate of drug-likeness (QED) is 0.0326. The minimum absolute atomic E-state index is 0.0352. The standard InChI is InChI=1S/C14H23N5.2C13H21N5O.3C12H19N5O.2C11H17N5O/c1-10-6-5-7-12(10)8-9-15-13-16-11(2)17-14(18-13)19(3)4;1-9-11(6-8-19-9)5-7-14-12-15-10(2)16-13(17-12)18(3)4;1-9-7-11(8-19-9)5-6-14-12-15-10(2)16-13(17-12)18(3)4;1-8-10(5-7-18-8)4-6-17(3)12-15-9(2)14-11(13)16-12;1-8-6-18-7-10(8)4-5-17(3)12-15-9(2)14-11(13)16-12;1-8-6-10(7-18-8)4-5-17(3)12-15-9(2)14-11(13)16-12;1-7-5-17-6-9(7)3-4-13-11-15-8(2)14-10(12)16-11;1-7-5-9(6-17-7)3-4-13-11-15-8(2)14-10(12)16-11/h6-7,11H,5,8-9H2,1-4H3,(H2,15,16,17,18);6,8,10H,5,7H2,1-4H3,(H2,14,15,16,17);7-8,10H,5-6H2,1-4H3,(H2,14,15,16,17);5,7,9H,4,6H2,1-3H3,(H3,13,14,15,16);2*6-7,9H,4-5H2,1-3H3,(H3,13,14,15,16);2*5-6,8H,3-4H2,1-2H3,(H4,12,13,14,15,16). The molecule has 47 nitrogen and oxygen atoms in total. The number of likely N-dealkylation sites (N-methyl/N-ethyl adjacent to an activating group) is 3.